The Balaban J connectivity index is 1.30. The monoisotopic (exact) mass is 464 g/mol. The molecule has 0 spiro atoms. The van der Waals surface area contributed by atoms with E-state index in [1.165, 1.54) is 34.2 Å². The number of rotatable bonds is 7. The fourth-order valence-electron chi connectivity index (χ4n) is 4.02. The third-order valence-electron chi connectivity index (χ3n) is 6.00. The predicted octanol–water partition coefficient (Wildman–Crippen LogP) is -0.525. The second-order valence-electron chi connectivity index (χ2n) is 8.41. The van der Waals surface area contributed by atoms with Crippen molar-refractivity contribution in [3.05, 3.63) is 73.8 Å². The Bertz CT molecular complexity index is 1570. The number of nitrogens with one attached hydrogen (secondary N) is 1. The smallest absolute Gasteiger partial charge is 0.350 e. The summed E-state index contributed by atoms with van der Waals surface area (Å²) in [5, 5.41) is 7.29. The number of nitrogens with zero attached hydrogens (tertiary/aromatic N) is 7. The van der Waals surface area contributed by atoms with E-state index < -0.39 is 11.2 Å². The molecule has 0 saturated heterocycles. The molecule has 1 amide bonds. The Kier molecular flexibility index (Phi) is 5.27. The van der Waals surface area contributed by atoms with E-state index >= 15 is 0 Å². The third-order valence-corrected chi connectivity index (χ3v) is 6.00. The van der Waals surface area contributed by atoms with E-state index in [1.807, 2.05) is 30.3 Å². The topological polar surface area (TPSA) is 131 Å². The Morgan fingerprint density at radius 2 is 1.79 bits per heavy atom. The van der Waals surface area contributed by atoms with E-state index in [0.29, 0.717) is 0 Å². The first-order valence-corrected chi connectivity index (χ1v) is 11.0. The minimum Gasteiger partial charge on any atom is -0.353 e. The van der Waals surface area contributed by atoms with Crippen LogP contribution in [0, 0.1) is 0 Å². The van der Waals surface area contributed by atoms with Gasteiger partial charge in [0.05, 0.1) is 18.6 Å². The molecule has 34 heavy (non-hydrogen) atoms. The third kappa shape index (κ3) is 3.66. The zero-order chi connectivity index (χ0) is 24.0. The van der Waals surface area contributed by atoms with E-state index in [9.17, 15) is 19.2 Å². The van der Waals surface area contributed by atoms with Gasteiger partial charge in [0.1, 0.15) is 12.4 Å². The van der Waals surface area contributed by atoms with Gasteiger partial charge in [0.25, 0.3) is 5.56 Å². The van der Waals surface area contributed by atoms with Crippen LogP contribution in [0.1, 0.15) is 24.6 Å². The first-order valence-electron chi connectivity index (χ1n) is 11.0. The number of carbonyl (C=O) groups excluding carboxylic acids is 1. The number of hydrogen-bond donors (Lipinski definition) is 1. The summed E-state index contributed by atoms with van der Waals surface area (Å²) in [6, 6.07) is 9.39. The molecule has 1 aromatic carbocycles. The highest BCUT2D eigenvalue weighted by Gasteiger charge is 2.31. The lowest BCUT2D eigenvalue weighted by molar-refractivity contribution is -0.121. The van der Waals surface area contributed by atoms with E-state index in [0.717, 1.165) is 28.9 Å². The summed E-state index contributed by atoms with van der Waals surface area (Å²) >= 11 is 0. The number of hydrogen-bond acceptors (Lipinski definition) is 6. The van der Waals surface area contributed by atoms with Gasteiger partial charge in [-0.25, -0.2) is 23.8 Å². The lowest BCUT2D eigenvalue weighted by atomic mass is 10.3. The Labute approximate surface area is 192 Å². The molecular weight excluding hydrogens is 440 g/mol. The lowest BCUT2D eigenvalue weighted by Crippen LogP contribution is -2.38. The van der Waals surface area contributed by atoms with Gasteiger partial charge in [0, 0.05) is 26.6 Å². The van der Waals surface area contributed by atoms with Crippen molar-refractivity contribution >= 4 is 17.1 Å². The number of benzene rings is 1. The molecule has 0 aliphatic heterocycles. The molecule has 12 nitrogen and oxygen atoms in total. The first-order chi connectivity index (χ1) is 16.4. The van der Waals surface area contributed by atoms with Gasteiger partial charge in [0.15, 0.2) is 11.2 Å². The Hall–Kier alpha value is -4.22. The largest absolute Gasteiger partial charge is 0.353 e. The second-order valence-corrected chi connectivity index (χ2v) is 8.41. The molecule has 1 aliphatic rings. The minimum atomic E-state index is -0.519. The maximum absolute atomic E-state index is 13.0. The van der Waals surface area contributed by atoms with Crippen LogP contribution in [0.15, 0.2) is 51.0 Å². The summed E-state index contributed by atoms with van der Waals surface area (Å²) in [4.78, 5) is 54.2. The van der Waals surface area contributed by atoms with Crippen LogP contribution in [-0.4, -0.2) is 45.5 Å². The molecule has 1 fully saturated rings. The summed E-state index contributed by atoms with van der Waals surface area (Å²) in [7, 11) is 2.90. The van der Waals surface area contributed by atoms with Crippen LogP contribution in [-0.2, 0) is 32.0 Å². The van der Waals surface area contributed by atoms with Gasteiger partial charge in [0.2, 0.25) is 5.91 Å². The minimum absolute atomic E-state index is 0.148. The number of aryl methyl sites for hydroxylation is 1. The highest BCUT2D eigenvalue weighted by molar-refractivity contribution is 5.78. The molecule has 0 bridgehead atoms. The molecule has 0 radical (unpaired) electrons. The van der Waals surface area contributed by atoms with Crippen molar-refractivity contribution in [3.8, 4) is 5.69 Å². The molecule has 0 atom stereocenters. The molecule has 12 heteroatoms. The van der Waals surface area contributed by atoms with Gasteiger partial charge in [-0.05, 0) is 25.0 Å². The summed E-state index contributed by atoms with van der Waals surface area (Å²) in [6.45, 7) is 0.257. The summed E-state index contributed by atoms with van der Waals surface area (Å²) in [6.07, 6.45) is 3.37. The number of imidazole rings is 1. The van der Waals surface area contributed by atoms with E-state index in [-0.39, 0.29) is 48.3 Å². The normalized spacial score (nSPS) is 13.5. The molecule has 0 unspecified atom stereocenters. The van der Waals surface area contributed by atoms with Crippen LogP contribution >= 0.6 is 0 Å². The zero-order valence-electron chi connectivity index (χ0n) is 18.8. The van der Waals surface area contributed by atoms with Gasteiger partial charge < -0.3 is 9.88 Å². The van der Waals surface area contributed by atoms with Crippen molar-refractivity contribution in [2.75, 3.05) is 6.54 Å². The van der Waals surface area contributed by atoms with Crippen LogP contribution in [0.3, 0.4) is 0 Å². The van der Waals surface area contributed by atoms with E-state index in [1.54, 1.807) is 4.57 Å². The van der Waals surface area contributed by atoms with Crippen molar-refractivity contribution in [1.29, 1.82) is 0 Å². The van der Waals surface area contributed by atoms with Crippen LogP contribution in [0.5, 0.6) is 0 Å². The average Bonchev–Trinajstić information content (AvgIpc) is 3.52. The van der Waals surface area contributed by atoms with E-state index in [2.05, 4.69) is 15.4 Å². The maximum Gasteiger partial charge on any atom is 0.350 e. The molecule has 176 valence electrons. The quantitative estimate of drug-likeness (QED) is 0.391. The van der Waals surface area contributed by atoms with Crippen molar-refractivity contribution in [2.24, 2.45) is 14.1 Å². The molecule has 5 rings (SSSR count). The maximum atomic E-state index is 13.0. The second kappa shape index (κ2) is 8.28. The summed E-state index contributed by atoms with van der Waals surface area (Å²) in [5.74, 6) is 0.666. The van der Waals surface area contributed by atoms with Crippen LogP contribution < -0.4 is 22.3 Å². The SMILES string of the molecule is Cn1c(=O)c2c(ncn2CC(=O)NCCn2nc(C3CC3)n(-c3ccccc3)c2=O)n(C)c1=O. The van der Waals surface area contributed by atoms with Gasteiger partial charge in [-0.2, -0.15) is 5.10 Å². The van der Waals surface area contributed by atoms with E-state index in [4.69, 9.17) is 0 Å². The molecule has 4 aromatic rings. The molecule has 3 aromatic heterocycles. The van der Waals surface area contributed by atoms with Crippen molar-refractivity contribution in [1.82, 2.24) is 38.3 Å². The highest BCUT2D eigenvalue weighted by atomic mass is 16.2. The fraction of sp³-hybridized carbons (Fsp3) is 0.364. The van der Waals surface area contributed by atoms with Crippen molar-refractivity contribution in [2.45, 2.75) is 31.8 Å². The van der Waals surface area contributed by atoms with Crippen LogP contribution in [0.4, 0.5) is 0 Å². The molecule has 1 saturated carbocycles. The summed E-state index contributed by atoms with van der Waals surface area (Å²) in [5.41, 5.74) is -0.0923. The highest BCUT2D eigenvalue weighted by Crippen LogP contribution is 2.39. The lowest BCUT2D eigenvalue weighted by Gasteiger charge is -2.08. The van der Waals surface area contributed by atoms with Crippen molar-refractivity contribution in [3.63, 3.8) is 0 Å². The predicted molar refractivity (Wildman–Crippen MR) is 123 cm³/mol. The van der Waals surface area contributed by atoms with Gasteiger partial charge in [-0.15, -0.1) is 0 Å². The molecular formula is C22H24N8O4. The first kappa shape index (κ1) is 21.6. The van der Waals surface area contributed by atoms with Gasteiger partial charge >= 0.3 is 11.4 Å². The number of fused-ring (bicyclic) bond motifs is 1. The molecule has 3 heterocycles. The number of aromatic nitrogens is 7. The average molecular weight is 464 g/mol. The Morgan fingerprint density at radius 3 is 2.50 bits per heavy atom. The fourth-order valence-corrected chi connectivity index (χ4v) is 4.02. The number of carbonyl (C=O) groups is 1. The number of para-hydroxylation sites is 1. The zero-order valence-corrected chi connectivity index (χ0v) is 18.8. The standard InChI is InChI=1S/C22H24N8O4/c1-26-19-17(20(32)27(2)21(26)33)28(13-24-19)12-16(31)23-10-11-29-22(34)30(15-6-4-3-5-7-15)18(25-29)14-8-9-14/h3-7,13-14H,8-12H2,1-2H3,(H,23,31). The van der Waals surface area contributed by atoms with Gasteiger partial charge in [-0.1, -0.05) is 18.2 Å². The number of amides is 1. The van der Waals surface area contributed by atoms with Crippen molar-refractivity contribution < 1.29 is 4.79 Å². The summed E-state index contributed by atoms with van der Waals surface area (Å²) < 4.78 is 6.66. The van der Waals surface area contributed by atoms with Gasteiger partial charge in [-0.3, -0.25) is 18.7 Å². The van der Waals surface area contributed by atoms with Crippen LogP contribution in [0.25, 0.3) is 16.9 Å². The molecule has 1 N–H and O–H groups in total. The van der Waals surface area contributed by atoms with Crippen LogP contribution in [0.2, 0.25) is 0 Å². The Morgan fingerprint density at radius 1 is 1.06 bits per heavy atom. The molecule has 1 aliphatic carbocycles.